The van der Waals surface area contributed by atoms with Gasteiger partial charge in [0.2, 0.25) is 0 Å². The van der Waals surface area contributed by atoms with Crippen LogP contribution in [-0.4, -0.2) is 21.4 Å². The Kier molecular flexibility index (Phi) is 3.98. The summed E-state index contributed by atoms with van der Waals surface area (Å²) in [6.45, 7) is 1.73. The van der Waals surface area contributed by atoms with E-state index in [0.29, 0.717) is 5.78 Å². The number of hydrogen-bond acceptors (Lipinski definition) is 3. The third-order valence-electron chi connectivity index (χ3n) is 2.78. The van der Waals surface area contributed by atoms with E-state index in [1.165, 1.54) is 12.0 Å². The second kappa shape index (κ2) is 5.28. The average Bonchev–Trinajstić information content (AvgIpc) is 2.31. The predicted molar refractivity (Wildman–Crippen MR) is 73.1 cm³/mol. The van der Waals surface area contributed by atoms with Crippen LogP contribution in [0.3, 0.4) is 0 Å². The van der Waals surface area contributed by atoms with Gasteiger partial charge in [-0.25, -0.2) is 0 Å². The van der Waals surface area contributed by atoms with Crippen molar-refractivity contribution in [2.75, 3.05) is 11.5 Å². The molecule has 0 N–H and O–H groups in total. The summed E-state index contributed by atoms with van der Waals surface area (Å²) in [5.41, 5.74) is 1.26. The quantitative estimate of drug-likeness (QED) is 0.821. The molecule has 0 unspecified atom stereocenters. The Bertz CT molecular complexity index is 355. The summed E-state index contributed by atoms with van der Waals surface area (Å²) in [7, 11) is 0. The molecular weight excluding hydrogens is 236 g/mol. The van der Waals surface area contributed by atoms with Gasteiger partial charge in [-0.1, -0.05) is 30.3 Å². The van der Waals surface area contributed by atoms with Gasteiger partial charge in [-0.15, -0.1) is 23.5 Å². The van der Waals surface area contributed by atoms with Crippen molar-refractivity contribution < 1.29 is 4.79 Å². The van der Waals surface area contributed by atoms with Gasteiger partial charge in [0.25, 0.3) is 0 Å². The molecule has 3 heteroatoms. The van der Waals surface area contributed by atoms with E-state index < -0.39 is 0 Å². The fraction of sp³-hybridized carbons (Fsp3) is 0.462. The van der Waals surface area contributed by atoms with Crippen molar-refractivity contribution in [2.24, 2.45) is 0 Å². The first-order valence-corrected chi connectivity index (χ1v) is 7.53. The van der Waals surface area contributed by atoms with E-state index in [2.05, 4.69) is 12.1 Å². The van der Waals surface area contributed by atoms with Gasteiger partial charge in [0.05, 0.1) is 0 Å². The van der Waals surface area contributed by atoms with Gasteiger partial charge in [-0.3, -0.25) is 4.79 Å². The van der Waals surface area contributed by atoms with E-state index in [9.17, 15) is 4.79 Å². The lowest BCUT2D eigenvalue weighted by molar-refractivity contribution is -0.117. The molecule has 1 aliphatic rings. The molecule has 1 saturated heterocycles. The minimum atomic E-state index is -0.223. The molecule has 0 aliphatic carbocycles. The van der Waals surface area contributed by atoms with Crippen LogP contribution in [0.2, 0.25) is 0 Å². The molecule has 0 aromatic heterocycles. The monoisotopic (exact) mass is 252 g/mol. The highest BCUT2D eigenvalue weighted by atomic mass is 32.2. The molecule has 86 valence electrons. The zero-order chi connectivity index (χ0) is 11.4. The van der Waals surface area contributed by atoms with Crippen molar-refractivity contribution in [1.82, 2.24) is 0 Å². The molecule has 1 aromatic rings. The zero-order valence-electron chi connectivity index (χ0n) is 9.44. The molecule has 1 aromatic carbocycles. The smallest absolute Gasteiger partial charge is 0.156 e. The highest BCUT2D eigenvalue weighted by Gasteiger charge is 2.38. The molecule has 1 heterocycles. The normalized spacial score (nSPS) is 19.3. The van der Waals surface area contributed by atoms with Crippen LogP contribution in [-0.2, 0) is 11.2 Å². The maximum atomic E-state index is 11.9. The van der Waals surface area contributed by atoms with Crippen LogP contribution < -0.4 is 0 Å². The Morgan fingerprint density at radius 3 is 2.44 bits per heavy atom. The van der Waals surface area contributed by atoms with Crippen molar-refractivity contribution in [2.45, 2.75) is 23.8 Å². The molecule has 0 spiro atoms. The summed E-state index contributed by atoms with van der Waals surface area (Å²) in [4.78, 5) is 11.9. The van der Waals surface area contributed by atoms with E-state index in [-0.39, 0.29) is 4.08 Å². The number of rotatable bonds is 3. The fourth-order valence-corrected chi connectivity index (χ4v) is 5.07. The number of benzene rings is 1. The van der Waals surface area contributed by atoms with Crippen LogP contribution in [0.1, 0.15) is 18.9 Å². The molecule has 1 aliphatic heterocycles. The highest BCUT2D eigenvalue weighted by Crippen LogP contribution is 2.45. The van der Waals surface area contributed by atoms with Crippen LogP contribution in [0.15, 0.2) is 30.3 Å². The van der Waals surface area contributed by atoms with Gasteiger partial charge in [0, 0.05) is 6.42 Å². The van der Waals surface area contributed by atoms with Crippen molar-refractivity contribution in [3.8, 4) is 0 Å². The Balaban J connectivity index is 2.17. The van der Waals surface area contributed by atoms with Crippen LogP contribution in [0.4, 0.5) is 0 Å². The summed E-state index contributed by atoms with van der Waals surface area (Å²) in [5.74, 6) is 2.53. The molecule has 2 rings (SSSR count). The van der Waals surface area contributed by atoms with Gasteiger partial charge in [0.15, 0.2) is 5.78 Å². The first-order chi connectivity index (χ1) is 7.73. The SMILES string of the molecule is CC(=O)C1(Cc2ccccc2)SCCCS1. The van der Waals surface area contributed by atoms with Crippen molar-refractivity contribution in [3.63, 3.8) is 0 Å². The van der Waals surface area contributed by atoms with Crippen LogP contribution in [0, 0.1) is 0 Å². The Morgan fingerprint density at radius 2 is 1.88 bits per heavy atom. The highest BCUT2D eigenvalue weighted by molar-refractivity contribution is 8.19. The maximum absolute atomic E-state index is 11.9. The van der Waals surface area contributed by atoms with Gasteiger partial charge < -0.3 is 0 Å². The van der Waals surface area contributed by atoms with Gasteiger partial charge in [-0.2, -0.15) is 0 Å². The van der Waals surface area contributed by atoms with Gasteiger partial charge in [-0.05, 0) is 30.4 Å². The lowest BCUT2D eigenvalue weighted by atomic mass is 10.1. The molecular formula is C13H16OS2. The Hall–Kier alpha value is -0.410. The van der Waals surface area contributed by atoms with E-state index in [0.717, 1.165) is 17.9 Å². The van der Waals surface area contributed by atoms with Gasteiger partial charge >= 0.3 is 0 Å². The first kappa shape index (κ1) is 12.1. The molecule has 0 bridgehead atoms. The maximum Gasteiger partial charge on any atom is 0.156 e. The van der Waals surface area contributed by atoms with E-state index >= 15 is 0 Å². The largest absolute Gasteiger partial charge is 0.297 e. The minimum Gasteiger partial charge on any atom is -0.297 e. The molecule has 1 nitrogen and oxygen atoms in total. The molecule has 16 heavy (non-hydrogen) atoms. The predicted octanol–water partition coefficient (Wildman–Crippen LogP) is 3.38. The number of carbonyl (C=O) groups is 1. The molecule has 0 saturated carbocycles. The van der Waals surface area contributed by atoms with Crippen molar-refractivity contribution in [3.05, 3.63) is 35.9 Å². The molecule has 1 fully saturated rings. The summed E-state index contributed by atoms with van der Waals surface area (Å²) >= 11 is 3.65. The lowest BCUT2D eigenvalue weighted by Gasteiger charge is -2.33. The number of ketones is 1. The topological polar surface area (TPSA) is 17.1 Å². The standard InChI is InChI=1S/C13H16OS2/c1-11(14)13(15-8-5-9-16-13)10-12-6-3-2-4-7-12/h2-4,6-7H,5,8-10H2,1H3. The third-order valence-corrected chi connectivity index (χ3v) is 6.26. The van der Waals surface area contributed by atoms with Crippen LogP contribution in [0.25, 0.3) is 0 Å². The molecule has 0 atom stereocenters. The minimum absolute atomic E-state index is 0.223. The second-order valence-corrected chi connectivity index (χ2v) is 7.07. The van der Waals surface area contributed by atoms with Gasteiger partial charge in [0.1, 0.15) is 4.08 Å². The number of thioether (sulfide) groups is 2. The fourth-order valence-electron chi connectivity index (χ4n) is 1.87. The zero-order valence-corrected chi connectivity index (χ0v) is 11.1. The van der Waals surface area contributed by atoms with Crippen LogP contribution in [0.5, 0.6) is 0 Å². The third kappa shape index (κ3) is 2.64. The Morgan fingerprint density at radius 1 is 1.25 bits per heavy atom. The van der Waals surface area contributed by atoms with E-state index in [1.54, 1.807) is 6.92 Å². The van der Waals surface area contributed by atoms with Crippen LogP contribution >= 0.6 is 23.5 Å². The van der Waals surface area contributed by atoms with E-state index in [1.807, 2.05) is 41.7 Å². The summed E-state index contributed by atoms with van der Waals surface area (Å²) in [6.07, 6.45) is 2.08. The molecule has 0 amide bonds. The van der Waals surface area contributed by atoms with Crippen molar-refractivity contribution >= 4 is 29.3 Å². The number of carbonyl (C=O) groups excluding carboxylic acids is 1. The number of hydrogen-bond donors (Lipinski definition) is 0. The summed E-state index contributed by atoms with van der Waals surface area (Å²) < 4.78 is -0.223. The Labute approximate surface area is 105 Å². The van der Waals surface area contributed by atoms with E-state index in [4.69, 9.17) is 0 Å². The summed E-state index contributed by atoms with van der Waals surface area (Å²) in [5, 5.41) is 0. The first-order valence-electron chi connectivity index (χ1n) is 5.56. The second-order valence-electron chi connectivity index (χ2n) is 4.02. The number of Topliss-reactive ketones (excluding diaryl/α,β-unsaturated/α-hetero) is 1. The molecule has 0 radical (unpaired) electrons. The average molecular weight is 252 g/mol. The summed E-state index contributed by atoms with van der Waals surface area (Å²) in [6, 6.07) is 10.3. The lowest BCUT2D eigenvalue weighted by Crippen LogP contribution is -2.35. The van der Waals surface area contributed by atoms with Crippen molar-refractivity contribution in [1.29, 1.82) is 0 Å².